The number of aliphatic hydroxyl groups is 1. The van der Waals surface area contributed by atoms with Crippen molar-refractivity contribution in [3.05, 3.63) is 12.2 Å². The molecule has 1 amide bonds. The first-order valence-electron chi connectivity index (χ1n) is 10.8. The zero-order valence-corrected chi connectivity index (χ0v) is 16.9. The summed E-state index contributed by atoms with van der Waals surface area (Å²) >= 11 is 0. The molecule has 0 fully saturated rings. The lowest BCUT2D eigenvalue weighted by atomic mass is 10.1. The van der Waals surface area contributed by atoms with Gasteiger partial charge in [-0.05, 0) is 38.5 Å². The number of allylic oxidation sites excluding steroid dienone is 2. The van der Waals surface area contributed by atoms with E-state index in [4.69, 9.17) is 5.11 Å². The molecule has 2 N–H and O–H groups in total. The first kappa shape index (κ1) is 24.2. The van der Waals surface area contributed by atoms with Crippen LogP contribution in [0.15, 0.2) is 12.2 Å². The van der Waals surface area contributed by atoms with Crippen LogP contribution in [-0.4, -0.2) is 23.7 Å². The van der Waals surface area contributed by atoms with Gasteiger partial charge in [-0.25, -0.2) is 0 Å². The number of nitrogens with one attached hydrogen (secondary N) is 1. The van der Waals surface area contributed by atoms with Crippen LogP contribution in [0.1, 0.15) is 110 Å². The van der Waals surface area contributed by atoms with Crippen LogP contribution in [0.3, 0.4) is 0 Å². The molecule has 0 aliphatic carbocycles. The van der Waals surface area contributed by atoms with Gasteiger partial charge in [0.2, 0.25) is 5.91 Å². The van der Waals surface area contributed by atoms with Crippen molar-refractivity contribution in [3.8, 4) is 0 Å². The van der Waals surface area contributed by atoms with Gasteiger partial charge in [-0.1, -0.05) is 77.4 Å². The highest BCUT2D eigenvalue weighted by Gasteiger charge is 2.08. The Morgan fingerprint density at radius 3 is 1.88 bits per heavy atom. The quantitative estimate of drug-likeness (QED) is 0.238. The Morgan fingerprint density at radius 2 is 1.36 bits per heavy atom. The number of hydrogen-bond donors (Lipinski definition) is 2. The molecule has 0 aromatic carbocycles. The van der Waals surface area contributed by atoms with Crippen molar-refractivity contribution in [1.29, 1.82) is 0 Å². The van der Waals surface area contributed by atoms with Gasteiger partial charge in [0.25, 0.3) is 0 Å². The average molecular weight is 354 g/mol. The van der Waals surface area contributed by atoms with Crippen molar-refractivity contribution in [2.24, 2.45) is 0 Å². The predicted molar refractivity (Wildman–Crippen MR) is 109 cm³/mol. The molecule has 0 heterocycles. The minimum absolute atomic E-state index is 0.0363. The van der Waals surface area contributed by atoms with Crippen LogP contribution >= 0.6 is 0 Å². The van der Waals surface area contributed by atoms with E-state index < -0.39 is 0 Å². The zero-order valence-electron chi connectivity index (χ0n) is 16.9. The Morgan fingerprint density at radius 1 is 0.840 bits per heavy atom. The minimum atomic E-state index is -0.0735. The van der Waals surface area contributed by atoms with E-state index in [-0.39, 0.29) is 18.6 Å². The molecule has 0 aliphatic heterocycles. The van der Waals surface area contributed by atoms with Crippen LogP contribution < -0.4 is 5.32 Å². The van der Waals surface area contributed by atoms with Crippen LogP contribution in [0.4, 0.5) is 0 Å². The molecule has 0 saturated heterocycles. The van der Waals surface area contributed by atoms with Crippen LogP contribution in [-0.2, 0) is 4.79 Å². The zero-order chi connectivity index (χ0) is 18.6. The summed E-state index contributed by atoms with van der Waals surface area (Å²) in [6.45, 7) is 4.28. The largest absolute Gasteiger partial charge is 0.394 e. The Kier molecular flexibility index (Phi) is 18.8. The Hall–Kier alpha value is -0.830. The van der Waals surface area contributed by atoms with E-state index in [2.05, 4.69) is 24.4 Å². The van der Waals surface area contributed by atoms with Gasteiger partial charge in [0, 0.05) is 6.42 Å². The van der Waals surface area contributed by atoms with Crippen molar-refractivity contribution in [3.63, 3.8) is 0 Å². The number of carbonyl (C=O) groups is 1. The molecule has 1 atom stereocenters. The van der Waals surface area contributed by atoms with Crippen molar-refractivity contribution >= 4 is 5.91 Å². The normalized spacial score (nSPS) is 12.6. The second-order valence-electron chi connectivity index (χ2n) is 7.19. The van der Waals surface area contributed by atoms with Crippen LogP contribution in [0.25, 0.3) is 0 Å². The molecule has 0 aromatic heterocycles. The molecule has 0 saturated carbocycles. The summed E-state index contributed by atoms with van der Waals surface area (Å²) in [5, 5.41) is 11.9. The molecular formula is C22H43NO2. The molecular weight excluding hydrogens is 310 g/mol. The van der Waals surface area contributed by atoms with Crippen molar-refractivity contribution in [2.45, 2.75) is 116 Å². The fourth-order valence-corrected chi connectivity index (χ4v) is 2.93. The first-order valence-corrected chi connectivity index (χ1v) is 10.8. The molecule has 3 heteroatoms. The Labute approximate surface area is 156 Å². The predicted octanol–water partition coefficient (Wildman–Crippen LogP) is 5.91. The van der Waals surface area contributed by atoms with E-state index in [0.717, 1.165) is 19.3 Å². The third kappa shape index (κ3) is 17.8. The summed E-state index contributed by atoms with van der Waals surface area (Å²) < 4.78 is 0. The molecule has 0 radical (unpaired) electrons. The molecule has 0 rings (SSSR count). The van der Waals surface area contributed by atoms with Crippen molar-refractivity contribution in [2.75, 3.05) is 6.61 Å². The number of amides is 1. The van der Waals surface area contributed by atoms with Crippen LogP contribution in [0, 0.1) is 0 Å². The van der Waals surface area contributed by atoms with E-state index in [9.17, 15) is 4.79 Å². The van der Waals surface area contributed by atoms with Gasteiger partial charge in [0.05, 0.1) is 12.6 Å². The number of carbonyl (C=O) groups excluding carboxylic acids is 1. The van der Waals surface area contributed by atoms with Gasteiger partial charge in [-0.3, -0.25) is 4.79 Å². The van der Waals surface area contributed by atoms with E-state index >= 15 is 0 Å². The molecule has 0 aliphatic rings. The van der Waals surface area contributed by atoms with E-state index in [0.29, 0.717) is 6.42 Å². The fraction of sp³-hybridized carbons (Fsp3) is 0.864. The molecule has 3 nitrogen and oxygen atoms in total. The van der Waals surface area contributed by atoms with E-state index in [1.54, 1.807) is 0 Å². The second-order valence-corrected chi connectivity index (χ2v) is 7.19. The SMILES string of the molecule is CCCCCCCC/C=C/CCCCCCCC(=O)NC(CC)CO. The maximum absolute atomic E-state index is 11.7. The van der Waals surface area contributed by atoms with E-state index in [1.807, 2.05) is 6.92 Å². The lowest BCUT2D eigenvalue weighted by Gasteiger charge is -2.13. The highest BCUT2D eigenvalue weighted by Crippen LogP contribution is 2.10. The van der Waals surface area contributed by atoms with Crippen LogP contribution in [0.5, 0.6) is 0 Å². The summed E-state index contributed by atoms with van der Waals surface area (Å²) in [6, 6.07) is -0.0735. The Balaban J connectivity index is 3.28. The maximum Gasteiger partial charge on any atom is 0.220 e. The molecule has 25 heavy (non-hydrogen) atoms. The highest BCUT2D eigenvalue weighted by molar-refractivity contribution is 5.76. The molecule has 0 spiro atoms. The van der Waals surface area contributed by atoms with Gasteiger partial charge in [0.15, 0.2) is 0 Å². The standard InChI is InChI=1S/C22H43NO2/c1-3-5-6-7-8-9-10-11-12-13-14-15-16-17-18-19-22(25)23-21(4-2)20-24/h11-12,21,24H,3-10,13-20H2,1-2H3,(H,23,25)/b12-11+. The number of rotatable bonds is 18. The summed E-state index contributed by atoms with van der Waals surface area (Å²) in [5.74, 6) is 0.0820. The average Bonchev–Trinajstić information content (AvgIpc) is 2.62. The lowest BCUT2D eigenvalue weighted by molar-refractivity contribution is -0.122. The van der Waals surface area contributed by atoms with Crippen LogP contribution in [0.2, 0.25) is 0 Å². The van der Waals surface area contributed by atoms with E-state index in [1.165, 1.54) is 70.6 Å². The van der Waals surface area contributed by atoms with Crippen molar-refractivity contribution in [1.82, 2.24) is 5.32 Å². The second kappa shape index (κ2) is 19.5. The minimum Gasteiger partial charge on any atom is -0.394 e. The molecule has 0 bridgehead atoms. The molecule has 1 unspecified atom stereocenters. The third-order valence-corrected chi connectivity index (χ3v) is 4.74. The molecule has 148 valence electrons. The monoisotopic (exact) mass is 353 g/mol. The summed E-state index contributed by atoms with van der Waals surface area (Å²) in [4.78, 5) is 11.7. The lowest BCUT2D eigenvalue weighted by Crippen LogP contribution is -2.36. The van der Waals surface area contributed by atoms with Gasteiger partial charge in [-0.15, -0.1) is 0 Å². The fourth-order valence-electron chi connectivity index (χ4n) is 2.93. The Bertz CT molecular complexity index is 311. The summed E-state index contributed by atoms with van der Waals surface area (Å²) in [6.07, 6.45) is 22.6. The van der Waals surface area contributed by atoms with Crippen molar-refractivity contribution < 1.29 is 9.90 Å². The topological polar surface area (TPSA) is 49.3 Å². The first-order chi connectivity index (χ1) is 12.2. The summed E-state index contributed by atoms with van der Waals surface area (Å²) in [5.41, 5.74) is 0. The van der Waals surface area contributed by atoms with Gasteiger partial charge in [0.1, 0.15) is 0 Å². The maximum atomic E-state index is 11.7. The van der Waals surface area contributed by atoms with Gasteiger partial charge >= 0.3 is 0 Å². The number of aliphatic hydroxyl groups excluding tert-OH is 1. The summed E-state index contributed by atoms with van der Waals surface area (Å²) in [7, 11) is 0. The third-order valence-electron chi connectivity index (χ3n) is 4.74. The smallest absolute Gasteiger partial charge is 0.220 e. The number of hydrogen-bond acceptors (Lipinski definition) is 2. The molecule has 0 aromatic rings. The van der Waals surface area contributed by atoms with Gasteiger partial charge < -0.3 is 10.4 Å². The highest BCUT2D eigenvalue weighted by atomic mass is 16.3. The number of unbranched alkanes of at least 4 members (excludes halogenated alkanes) is 11. The van der Waals surface area contributed by atoms with Gasteiger partial charge in [-0.2, -0.15) is 0 Å².